The number of hydrogen-bond donors (Lipinski definition) is 2. The van der Waals surface area contributed by atoms with Gasteiger partial charge in [0, 0.05) is 11.8 Å². The Bertz CT molecular complexity index is 183. The molecule has 2 atom stereocenters. The molecule has 0 aliphatic carbocycles. The Labute approximate surface area is 91.2 Å². The Morgan fingerprint density at radius 2 is 2.21 bits per heavy atom. The van der Waals surface area contributed by atoms with Crippen molar-refractivity contribution < 1.29 is 4.79 Å². The number of carbonyl (C=O) groups is 1. The molecule has 0 rings (SSSR count). The summed E-state index contributed by atoms with van der Waals surface area (Å²) in [5, 5.41) is 3.31. The van der Waals surface area contributed by atoms with E-state index in [1.165, 1.54) is 0 Å². The van der Waals surface area contributed by atoms with Crippen LogP contribution in [0.25, 0.3) is 0 Å². The summed E-state index contributed by atoms with van der Waals surface area (Å²) in [6.07, 6.45) is 3.69. The van der Waals surface area contributed by atoms with Crippen molar-refractivity contribution in [1.82, 2.24) is 5.32 Å². The van der Waals surface area contributed by atoms with Crippen LogP contribution in [0.15, 0.2) is 0 Å². The van der Waals surface area contributed by atoms with Gasteiger partial charge in [-0.2, -0.15) is 11.8 Å². The average Bonchev–Trinajstić information content (AvgIpc) is 2.13. The van der Waals surface area contributed by atoms with Gasteiger partial charge in [0.25, 0.3) is 0 Å². The highest BCUT2D eigenvalue weighted by molar-refractivity contribution is 7.99. The number of nitrogens with one attached hydrogen (secondary N) is 1. The van der Waals surface area contributed by atoms with Crippen LogP contribution in [-0.4, -0.2) is 29.5 Å². The minimum atomic E-state index is -0.715. The molecule has 0 aliphatic heterocycles. The molecule has 0 aromatic heterocycles. The van der Waals surface area contributed by atoms with Crippen LogP contribution in [0.2, 0.25) is 0 Å². The second kappa shape index (κ2) is 6.30. The zero-order chi connectivity index (χ0) is 11.2. The predicted octanol–water partition coefficient (Wildman–Crippen LogP) is 1.37. The predicted molar refractivity (Wildman–Crippen MR) is 63.5 cm³/mol. The Morgan fingerprint density at radius 3 is 2.64 bits per heavy atom. The Kier molecular flexibility index (Phi) is 6.20. The molecule has 3 N–H and O–H groups in total. The number of nitrogens with two attached hydrogens (primary N) is 1. The minimum Gasteiger partial charge on any atom is -0.353 e. The summed E-state index contributed by atoms with van der Waals surface area (Å²) in [6.45, 7) is 6.59. The van der Waals surface area contributed by atoms with Gasteiger partial charge in [-0.1, -0.05) is 20.3 Å². The summed E-state index contributed by atoms with van der Waals surface area (Å²) in [5.41, 5.74) is 5.16. The fraction of sp³-hybridized carbons (Fsp3) is 0.900. The number of rotatable bonds is 6. The molecule has 0 aromatic carbocycles. The quantitative estimate of drug-likeness (QED) is 0.708. The minimum absolute atomic E-state index is 0.0414. The molecule has 0 bridgehead atoms. The van der Waals surface area contributed by atoms with Crippen molar-refractivity contribution in [2.75, 3.05) is 12.8 Å². The van der Waals surface area contributed by atoms with E-state index >= 15 is 0 Å². The lowest BCUT2D eigenvalue weighted by Gasteiger charge is -2.23. The van der Waals surface area contributed by atoms with E-state index in [1.807, 2.05) is 13.2 Å². The molecule has 0 spiro atoms. The first-order valence-corrected chi connectivity index (χ1v) is 6.32. The van der Waals surface area contributed by atoms with Gasteiger partial charge >= 0.3 is 0 Å². The SMILES string of the molecule is CCCC(C)(N)C(=O)NCC(C)SC. The van der Waals surface area contributed by atoms with Crippen molar-refractivity contribution in [1.29, 1.82) is 0 Å². The number of carbonyl (C=O) groups excluding carboxylic acids is 1. The van der Waals surface area contributed by atoms with Crippen LogP contribution in [-0.2, 0) is 4.79 Å². The molecule has 0 heterocycles. The maximum Gasteiger partial charge on any atom is 0.239 e. The highest BCUT2D eigenvalue weighted by Crippen LogP contribution is 2.09. The van der Waals surface area contributed by atoms with Crippen molar-refractivity contribution in [2.45, 2.75) is 44.4 Å². The highest BCUT2D eigenvalue weighted by atomic mass is 32.2. The molecule has 0 saturated carbocycles. The maximum atomic E-state index is 11.6. The standard InChI is InChI=1S/C10H22N2OS/c1-5-6-10(3,11)9(13)12-7-8(2)14-4/h8H,5-7,11H2,1-4H3,(H,12,13). The van der Waals surface area contributed by atoms with Crippen molar-refractivity contribution in [3.8, 4) is 0 Å². The van der Waals surface area contributed by atoms with E-state index in [1.54, 1.807) is 18.7 Å². The van der Waals surface area contributed by atoms with Crippen LogP contribution in [0, 0.1) is 0 Å². The monoisotopic (exact) mass is 218 g/mol. The molecule has 3 nitrogen and oxygen atoms in total. The van der Waals surface area contributed by atoms with Crippen LogP contribution < -0.4 is 11.1 Å². The van der Waals surface area contributed by atoms with Gasteiger partial charge in [0.2, 0.25) is 5.91 Å². The van der Waals surface area contributed by atoms with Gasteiger partial charge in [0.05, 0.1) is 5.54 Å². The van der Waals surface area contributed by atoms with Gasteiger partial charge in [-0.25, -0.2) is 0 Å². The molecule has 0 radical (unpaired) electrons. The van der Waals surface area contributed by atoms with Crippen LogP contribution >= 0.6 is 11.8 Å². The lowest BCUT2D eigenvalue weighted by atomic mass is 9.96. The van der Waals surface area contributed by atoms with E-state index in [-0.39, 0.29) is 5.91 Å². The number of amides is 1. The van der Waals surface area contributed by atoms with Crippen LogP contribution in [0.1, 0.15) is 33.6 Å². The molecular weight excluding hydrogens is 196 g/mol. The average molecular weight is 218 g/mol. The van der Waals surface area contributed by atoms with Gasteiger partial charge in [-0.05, 0) is 19.6 Å². The fourth-order valence-corrected chi connectivity index (χ4v) is 1.40. The van der Waals surface area contributed by atoms with Gasteiger partial charge in [0.15, 0.2) is 0 Å². The Balaban J connectivity index is 3.94. The molecule has 14 heavy (non-hydrogen) atoms. The first-order valence-electron chi connectivity index (χ1n) is 5.04. The van der Waals surface area contributed by atoms with E-state index < -0.39 is 5.54 Å². The Morgan fingerprint density at radius 1 is 1.64 bits per heavy atom. The summed E-state index contributed by atoms with van der Waals surface area (Å²) in [6, 6.07) is 0. The van der Waals surface area contributed by atoms with Crippen LogP contribution in [0.3, 0.4) is 0 Å². The first kappa shape index (κ1) is 13.8. The van der Waals surface area contributed by atoms with E-state index in [4.69, 9.17) is 5.73 Å². The molecule has 84 valence electrons. The maximum absolute atomic E-state index is 11.6. The van der Waals surface area contributed by atoms with Gasteiger partial charge < -0.3 is 11.1 Å². The second-order valence-corrected chi connectivity index (χ2v) is 5.20. The Hall–Kier alpha value is -0.220. The van der Waals surface area contributed by atoms with Gasteiger partial charge in [-0.3, -0.25) is 4.79 Å². The summed E-state index contributed by atoms with van der Waals surface area (Å²) >= 11 is 1.74. The molecule has 0 saturated heterocycles. The largest absolute Gasteiger partial charge is 0.353 e. The van der Waals surface area contributed by atoms with Crippen molar-refractivity contribution in [3.05, 3.63) is 0 Å². The smallest absolute Gasteiger partial charge is 0.239 e. The third-order valence-electron chi connectivity index (χ3n) is 2.24. The molecular formula is C10H22N2OS. The van der Waals surface area contributed by atoms with E-state index in [0.29, 0.717) is 11.8 Å². The lowest BCUT2D eigenvalue weighted by Crippen LogP contribution is -2.52. The van der Waals surface area contributed by atoms with Crippen molar-refractivity contribution in [3.63, 3.8) is 0 Å². The van der Waals surface area contributed by atoms with Crippen molar-refractivity contribution in [2.24, 2.45) is 5.73 Å². The van der Waals surface area contributed by atoms with E-state index in [2.05, 4.69) is 12.2 Å². The third kappa shape index (κ3) is 4.86. The highest BCUT2D eigenvalue weighted by Gasteiger charge is 2.26. The second-order valence-electron chi connectivity index (χ2n) is 3.92. The van der Waals surface area contributed by atoms with Gasteiger partial charge in [-0.15, -0.1) is 0 Å². The third-order valence-corrected chi connectivity index (χ3v) is 3.21. The summed E-state index contributed by atoms with van der Waals surface area (Å²) < 4.78 is 0. The zero-order valence-electron chi connectivity index (χ0n) is 9.59. The molecule has 0 aromatic rings. The van der Waals surface area contributed by atoms with Crippen molar-refractivity contribution >= 4 is 17.7 Å². The summed E-state index contributed by atoms with van der Waals surface area (Å²) in [5.74, 6) is -0.0414. The first-order chi connectivity index (χ1) is 6.44. The lowest BCUT2D eigenvalue weighted by molar-refractivity contribution is -0.126. The zero-order valence-corrected chi connectivity index (χ0v) is 10.4. The molecule has 2 unspecified atom stereocenters. The molecule has 0 aliphatic rings. The van der Waals surface area contributed by atoms with Gasteiger partial charge in [0.1, 0.15) is 0 Å². The molecule has 0 fully saturated rings. The fourth-order valence-electron chi connectivity index (χ4n) is 1.15. The molecule has 4 heteroatoms. The normalized spacial score (nSPS) is 17.2. The van der Waals surface area contributed by atoms with E-state index in [9.17, 15) is 4.79 Å². The summed E-state index contributed by atoms with van der Waals surface area (Å²) in [4.78, 5) is 11.6. The number of hydrogen-bond acceptors (Lipinski definition) is 3. The summed E-state index contributed by atoms with van der Waals surface area (Å²) in [7, 11) is 0. The topological polar surface area (TPSA) is 55.1 Å². The number of thioether (sulfide) groups is 1. The van der Waals surface area contributed by atoms with Crippen LogP contribution in [0.4, 0.5) is 0 Å². The van der Waals surface area contributed by atoms with Crippen LogP contribution in [0.5, 0.6) is 0 Å². The van der Waals surface area contributed by atoms with E-state index in [0.717, 1.165) is 12.8 Å². The molecule has 1 amide bonds.